The highest BCUT2D eigenvalue weighted by atomic mass is 16.4. The number of benzene rings is 5. The summed E-state index contributed by atoms with van der Waals surface area (Å²) >= 11 is 0. The second-order valence-electron chi connectivity index (χ2n) is 10.0. The fourth-order valence-electron chi connectivity index (χ4n) is 4.79. The quantitative estimate of drug-likeness (QED) is 0.153. The predicted octanol–water partition coefficient (Wildman–Crippen LogP) is 6.28. The molecule has 2 amide bonds. The zero-order valence-electron chi connectivity index (χ0n) is 23.5. The summed E-state index contributed by atoms with van der Waals surface area (Å²) in [5, 5.41) is 25.0. The lowest BCUT2D eigenvalue weighted by molar-refractivity contribution is 0.0682. The normalized spacial score (nSPS) is 10.5. The van der Waals surface area contributed by atoms with Gasteiger partial charge in [0.1, 0.15) is 0 Å². The zero-order chi connectivity index (χ0) is 31.1. The SMILES string of the molecule is O=C(O)c1cc(-c2ccccc2)ccc1C(=O)NCc1ccc(CNC(=O)c2ccc(-c3ccccc3)cc2C(=O)O)cc1. The predicted molar refractivity (Wildman–Crippen MR) is 166 cm³/mol. The van der Waals surface area contributed by atoms with Crippen molar-refractivity contribution in [2.24, 2.45) is 0 Å². The monoisotopic (exact) mass is 584 g/mol. The molecule has 0 atom stereocenters. The van der Waals surface area contributed by atoms with Crippen LogP contribution in [0.25, 0.3) is 22.3 Å². The third kappa shape index (κ3) is 6.88. The van der Waals surface area contributed by atoms with Crippen molar-refractivity contribution in [2.45, 2.75) is 13.1 Å². The van der Waals surface area contributed by atoms with Crippen LogP contribution in [0.3, 0.4) is 0 Å². The molecule has 8 heteroatoms. The minimum atomic E-state index is -1.19. The molecule has 44 heavy (non-hydrogen) atoms. The minimum absolute atomic E-state index is 0.0639. The molecule has 0 heterocycles. The Kier molecular flexibility index (Phi) is 8.91. The zero-order valence-corrected chi connectivity index (χ0v) is 23.5. The Morgan fingerprint density at radius 1 is 0.432 bits per heavy atom. The molecule has 0 bridgehead atoms. The highest BCUT2D eigenvalue weighted by molar-refractivity contribution is 6.06. The molecule has 0 aliphatic heterocycles. The van der Waals surface area contributed by atoms with Crippen molar-refractivity contribution in [1.82, 2.24) is 10.6 Å². The summed E-state index contributed by atoms with van der Waals surface area (Å²) in [6.07, 6.45) is 0. The Morgan fingerprint density at radius 3 is 1.14 bits per heavy atom. The summed E-state index contributed by atoms with van der Waals surface area (Å²) < 4.78 is 0. The highest BCUT2D eigenvalue weighted by Crippen LogP contribution is 2.24. The second-order valence-corrected chi connectivity index (χ2v) is 10.0. The van der Waals surface area contributed by atoms with Crippen molar-refractivity contribution >= 4 is 23.8 Å². The van der Waals surface area contributed by atoms with Crippen molar-refractivity contribution in [1.29, 1.82) is 0 Å². The van der Waals surface area contributed by atoms with E-state index in [-0.39, 0.29) is 35.3 Å². The van der Waals surface area contributed by atoms with Gasteiger partial charge in [0.25, 0.3) is 11.8 Å². The molecule has 0 spiro atoms. The maximum Gasteiger partial charge on any atom is 0.336 e. The van der Waals surface area contributed by atoms with Crippen molar-refractivity contribution in [3.05, 3.63) is 155 Å². The Labute approximate surface area is 253 Å². The van der Waals surface area contributed by atoms with Crippen LogP contribution in [0.15, 0.2) is 121 Å². The lowest BCUT2D eigenvalue weighted by Gasteiger charge is -2.12. The van der Waals surface area contributed by atoms with Crippen LogP contribution in [-0.4, -0.2) is 34.0 Å². The van der Waals surface area contributed by atoms with Crippen LogP contribution in [0.4, 0.5) is 0 Å². The van der Waals surface area contributed by atoms with Gasteiger partial charge in [-0.3, -0.25) is 9.59 Å². The average Bonchev–Trinajstić information content (AvgIpc) is 3.06. The first kappa shape index (κ1) is 29.5. The number of amides is 2. The summed E-state index contributed by atoms with van der Waals surface area (Å²) in [6, 6.07) is 35.2. The van der Waals surface area contributed by atoms with E-state index in [4.69, 9.17) is 0 Å². The van der Waals surface area contributed by atoms with E-state index in [2.05, 4.69) is 10.6 Å². The van der Waals surface area contributed by atoms with Gasteiger partial charge in [0, 0.05) is 13.1 Å². The molecule has 0 saturated carbocycles. The van der Waals surface area contributed by atoms with Crippen LogP contribution in [0.1, 0.15) is 52.6 Å². The van der Waals surface area contributed by atoms with E-state index < -0.39 is 23.8 Å². The first-order valence-corrected chi connectivity index (χ1v) is 13.8. The van der Waals surface area contributed by atoms with E-state index in [1.54, 1.807) is 36.4 Å². The molecule has 0 unspecified atom stereocenters. The molecule has 0 aromatic heterocycles. The molecule has 0 aliphatic carbocycles. The summed E-state index contributed by atoms with van der Waals surface area (Å²) in [7, 11) is 0. The van der Waals surface area contributed by atoms with E-state index in [1.807, 2.05) is 60.7 Å². The third-order valence-corrected chi connectivity index (χ3v) is 7.13. The number of aromatic carboxylic acids is 2. The van der Waals surface area contributed by atoms with Gasteiger partial charge in [0.15, 0.2) is 0 Å². The number of nitrogens with one attached hydrogen (secondary N) is 2. The fraction of sp³-hybridized carbons (Fsp3) is 0.0556. The van der Waals surface area contributed by atoms with Gasteiger partial charge in [0.05, 0.1) is 22.3 Å². The summed E-state index contributed by atoms with van der Waals surface area (Å²) in [4.78, 5) is 49.6. The lowest BCUT2D eigenvalue weighted by Crippen LogP contribution is -2.25. The summed E-state index contributed by atoms with van der Waals surface area (Å²) in [5.41, 5.74) is 4.60. The number of carboxylic acid groups (broad SMARTS) is 2. The van der Waals surface area contributed by atoms with Gasteiger partial charge in [-0.05, 0) is 57.6 Å². The standard InChI is InChI=1S/C36H28N2O6/c39-33(29-17-15-27(19-31(29)35(41)42)25-7-3-1-4-8-25)37-21-23-11-13-24(14-12-23)22-38-34(40)30-18-16-28(20-32(30)36(43)44)26-9-5-2-6-10-26/h1-20H,21-22H2,(H,37,39)(H,38,40)(H,41,42)(H,43,44). The Bertz CT molecular complexity index is 1700. The molecular weight excluding hydrogens is 556 g/mol. The highest BCUT2D eigenvalue weighted by Gasteiger charge is 2.19. The molecule has 5 aromatic rings. The molecule has 4 N–H and O–H groups in total. The largest absolute Gasteiger partial charge is 0.478 e. The first-order valence-electron chi connectivity index (χ1n) is 13.8. The number of rotatable bonds is 10. The molecule has 0 fully saturated rings. The minimum Gasteiger partial charge on any atom is -0.478 e. The molecule has 0 aliphatic rings. The Balaban J connectivity index is 1.20. The van der Waals surface area contributed by atoms with Crippen LogP contribution in [0.2, 0.25) is 0 Å². The topological polar surface area (TPSA) is 133 Å². The van der Waals surface area contributed by atoms with Crippen molar-refractivity contribution < 1.29 is 29.4 Å². The van der Waals surface area contributed by atoms with Crippen LogP contribution in [0.5, 0.6) is 0 Å². The third-order valence-electron chi connectivity index (χ3n) is 7.13. The maximum absolute atomic E-state index is 12.9. The van der Waals surface area contributed by atoms with Gasteiger partial charge < -0.3 is 20.8 Å². The summed E-state index contributed by atoms with van der Waals surface area (Å²) in [5.74, 6) is -3.40. The van der Waals surface area contributed by atoms with E-state index in [0.29, 0.717) is 11.1 Å². The van der Waals surface area contributed by atoms with E-state index in [9.17, 15) is 29.4 Å². The van der Waals surface area contributed by atoms with Crippen LogP contribution in [-0.2, 0) is 13.1 Å². The van der Waals surface area contributed by atoms with Gasteiger partial charge in [-0.25, -0.2) is 9.59 Å². The second kappa shape index (κ2) is 13.3. The smallest absolute Gasteiger partial charge is 0.336 e. The van der Waals surface area contributed by atoms with Crippen molar-refractivity contribution in [3.8, 4) is 22.3 Å². The Morgan fingerprint density at radius 2 is 0.795 bits per heavy atom. The van der Waals surface area contributed by atoms with Crippen molar-refractivity contribution in [2.75, 3.05) is 0 Å². The van der Waals surface area contributed by atoms with Gasteiger partial charge >= 0.3 is 11.9 Å². The number of hydrogen-bond donors (Lipinski definition) is 4. The summed E-state index contributed by atoms with van der Waals surface area (Å²) in [6.45, 7) is 0.335. The van der Waals surface area contributed by atoms with E-state index >= 15 is 0 Å². The van der Waals surface area contributed by atoms with E-state index in [1.165, 1.54) is 24.3 Å². The number of hydrogen-bond acceptors (Lipinski definition) is 4. The molecule has 218 valence electrons. The fourth-order valence-corrected chi connectivity index (χ4v) is 4.79. The molecule has 5 aromatic carbocycles. The molecule has 5 rings (SSSR count). The molecule has 0 radical (unpaired) electrons. The molecule has 8 nitrogen and oxygen atoms in total. The average molecular weight is 585 g/mol. The van der Waals surface area contributed by atoms with Gasteiger partial charge in [0.2, 0.25) is 0 Å². The van der Waals surface area contributed by atoms with Gasteiger partial charge in [-0.2, -0.15) is 0 Å². The maximum atomic E-state index is 12.9. The van der Waals surface area contributed by atoms with Gasteiger partial charge in [-0.15, -0.1) is 0 Å². The van der Waals surface area contributed by atoms with E-state index in [0.717, 1.165) is 22.3 Å². The van der Waals surface area contributed by atoms with Crippen LogP contribution < -0.4 is 10.6 Å². The number of carbonyl (C=O) groups excluding carboxylic acids is 2. The van der Waals surface area contributed by atoms with Gasteiger partial charge in [-0.1, -0.05) is 97.1 Å². The molecule has 0 saturated heterocycles. The first-order chi connectivity index (χ1) is 21.3. The number of carboxylic acids is 2. The van der Waals surface area contributed by atoms with Crippen molar-refractivity contribution in [3.63, 3.8) is 0 Å². The lowest BCUT2D eigenvalue weighted by atomic mass is 9.98. The van der Waals surface area contributed by atoms with Crippen LogP contribution >= 0.6 is 0 Å². The van der Waals surface area contributed by atoms with Crippen LogP contribution in [0, 0.1) is 0 Å². The molecular formula is C36H28N2O6. The Hall–Kier alpha value is -6.02. The number of carbonyl (C=O) groups is 4.